The zero-order valence-electron chi connectivity index (χ0n) is 15.1. The van der Waals surface area contributed by atoms with Gasteiger partial charge in [-0.05, 0) is 49.4 Å². The van der Waals surface area contributed by atoms with E-state index in [1.54, 1.807) is 49.8 Å². The molecule has 29 heavy (non-hydrogen) atoms. The number of anilines is 1. The number of H-pyrrole nitrogens is 1. The number of carbonyl (C=O) groups is 1. The predicted octanol–water partition coefficient (Wildman–Crippen LogP) is 6.36. The van der Waals surface area contributed by atoms with Gasteiger partial charge in [0.25, 0.3) is 0 Å². The molecule has 0 aliphatic rings. The van der Waals surface area contributed by atoms with Crippen molar-refractivity contribution >= 4 is 46.6 Å². The van der Waals surface area contributed by atoms with Crippen LogP contribution in [0.1, 0.15) is 6.92 Å². The van der Waals surface area contributed by atoms with E-state index in [1.165, 1.54) is 11.8 Å². The number of hydrogen-bond donors (Lipinski definition) is 2. The van der Waals surface area contributed by atoms with Crippen LogP contribution in [0.2, 0.25) is 10.0 Å². The highest BCUT2D eigenvalue weighted by molar-refractivity contribution is 8.00. The number of nitrogens with zero attached hydrogens (tertiary/aromatic N) is 1. The molecule has 3 heterocycles. The summed E-state index contributed by atoms with van der Waals surface area (Å²) in [5, 5.41) is 3.77. The minimum absolute atomic E-state index is 0.191. The molecule has 0 saturated carbocycles. The molecule has 6 nitrogen and oxygen atoms in total. The largest absolute Gasteiger partial charge is 0.463 e. The molecule has 148 valence electrons. The molecule has 0 aliphatic carbocycles. The van der Waals surface area contributed by atoms with E-state index < -0.39 is 5.25 Å². The summed E-state index contributed by atoms with van der Waals surface area (Å²) < 4.78 is 11.0. The van der Waals surface area contributed by atoms with Crippen molar-refractivity contribution in [3.8, 4) is 22.9 Å². The predicted molar refractivity (Wildman–Crippen MR) is 114 cm³/mol. The quantitative estimate of drug-likeness (QED) is 0.336. The zero-order chi connectivity index (χ0) is 20.4. The van der Waals surface area contributed by atoms with E-state index in [-0.39, 0.29) is 5.91 Å². The second kappa shape index (κ2) is 8.41. The molecule has 0 radical (unpaired) electrons. The maximum Gasteiger partial charge on any atom is 0.237 e. The van der Waals surface area contributed by atoms with Gasteiger partial charge in [-0.3, -0.25) is 4.79 Å². The van der Waals surface area contributed by atoms with Crippen molar-refractivity contribution in [1.82, 2.24) is 9.97 Å². The first-order valence-corrected chi connectivity index (χ1v) is 10.2. The van der Waals surface area contributed by atoms with Gasteiger partial charge in [0.05, 0.1) is 27.8 Å². The van der Waals surface area contributed by atoms with E-state index in [0.29, 0.717) is 43.8 Å². The Hall–Kier alpha value is -2.61. The molecule has 1 atom stereocenters. The topological polar surface area (TPSA) is 84.1 Å². The van der Waals surface area contributed by atoms with Crippen LogP contribution in [0.5, 0.6) is 0 Å². The van der Waals surface area contributed by atoms with Gasteiger partial charge < -0.3 is 19.1 Å². The number of benzene rings is 1. The molecule has 1 amide bonds. The number of imidazole rings is 1. The molecule has 0 aliphatic heterocycles. The fourth-order valence-electron chi connectivity index (χ4n) is 2.64. The molecular weight excluding hydrogens is 433 g/mol. The van der Waals surface area contributed by atoms with Gasteiger partial charge in [0.1, 0.15) is 11.4 Å². The lowest BCUT2D eigenvalue weighted by Gasteiger charge is -2.11. The fraction of sp³-hybridized carbons (Fsp3) is 0.100. The van der Waals surface area contributed by atoms with Crippen LogP contribution in [0.15, 0.2) is 69.0 Å². The lowest BCUT2D eigenvalue weighted by atomic mass is 10.2. The van der Waals surface area contributed by atoms with Crippen molar-refractivity contribution in [2.24, 2.45) is 0 Å². The smallest absolute Gasteiger partial charge is 0.237 e. The van der Waals surface area contributed by atoms with Gasteiger partial charge in [0.2, 0.25) is 5.91 Å². The Morgan fingerprint density at radius 3 is 2.48 bits per heavy atom. The minimum atomic E-state index is -0.426. The summed E-state index contributed by atoms with van der Waals surface area (Å²) in [6.45, 7) is 1.79. The number of furan rings is 2. The molecule has 0 bridgehead atoms. The van der Waals surface area contributed by atoms with Crippen LogP contribution in [0, 0.1) is 0 Å². The number of carbonyl (C=O) groups excluding carboxylic acids is 1. The maximum absolute atomic E-state index is 12.6. The lowest BCUT2D eigenvalue weighted by Crippen LogP contribution is -2.22. The number of halogens is 2. The lowest BCUT2D eigenvalue weighted by molar-refractivity contribution is -0.115. The minimum Gasteiger partial charge on any atom is -0.463 e. The van der Waals surface area contributed by atoms with Crippen molar-refractivity contribution < 1.29 is 13.6 Å². The number of amides is 1. The highest BCUT2D eigenvalue weighted by atomic mass is 35.5. The first kappa shape index (κ1) is 19.7. The SMILES string of the molecule is CC(Sc1nc(-c2ccco2)c(-c2ccco2)[nH]1)C(=O)Nc1ccc(Cl)c(Cl)c1. The van der Waals surface area contributed by atoms with Gasteiger partial charge in [0.15, 0.2) is 16.7 Å². The standard InChI is InChI=1S/C20H15Cl2N3O3S/c1-11(19(26)23-12-6-7-13(21)14(22)10-12)29-20-24-17(15-4-2-8-27-15)18(25-20)16-5-3-9-28-16/h2-11H,1H3,(H,23,26)(H,24,25). The van der Waals surface area contributed by atoms with Crippen LogP contribution in [0.3, 0.4) is 0 Å². The molecule has 0 saturated heterocycles. The molecule has 0 spiro atoms. The first-order valence-electron chi connectivity index (χ1n) is 8.61. The molecule has 3 aromatic heterocycles. The number of aromatic nitrogens is 2. The van der Waals surface area contributed by atoms with Gasteiger partial charge in [-0.25, -0.2) is 4.98 Å². The molecule has 9 heteroatoms. The molecule has 2 N–H and O–H groups in total. The molecule has 4 rings (SSSR count). The van der Waals surface area contributed by atoms with Crippen LogP contribution in [-0.2, 0) is 4.79 Å². The first-order chi connectivity index (χ1) is 14.0. The second-order valence-corrected chi connectivity index (χ2v) is 8.24. The Morgan fingerprint density at radius 2 is 1.83 bits per heavy atom. The molecule has 4 aromatic rings. The van der Waals surface area contributed by atoms with Crippen molar-refractivity contribution in [2.45, 2.75) is 17.3 Å². The normalized spacial score (nSPS) is 12.1. The Morgan fingerprint density at radius 1 is 1.10 bits per heavy atom. The summed E-state index contributed by atoms with van der Waals surface area (Å²) in [6, 6.07) is 12.2. The van der Waals surface area contributed by atoms with Crippen LogP contribution in [0.25, 0.3) is 22.9 Å². The molecule has 1 aromatic carbocycles. The van der Waals surface area contributed by atoms with Gasteiger partial charge in [-0.2, -0.15) is 0 Å². The van der Waals surface area contributed by atoms with E-state index in [1.807, 2.05) is 12.1 Å². The number of rotatable bonds is 6. The Labute approximate surface area is 180 Å². The van der Waals surface area contributed by atoms with Gasteiger partial charge >= 0.3 is 0 Å². The zero-order valence-corrected chi connectivity index (χ0v) is 17.4. The summed E-state index contributed by atoms with van der Waals surface area (Å²) in [4.78, 5) is 20.4. The number of hydrogen-bond acceptors (Lipinski definition) is 5. The van der Waals surface area contributed by atoms with Crippen molar-refractivity contribution in [3.05, 3.63) is 65.0 Å². The average molecular weight is 448 g/mol. The summed E-state index contributed by atoms with van der Waals surface area (Å²) in [6.07, 6.45) is 3.16. The highest BCUT2D eigenvalue weighted by Crippen LogP contribution is 2.34. The van der Waals surface area contributed by atoms with E-state index >= 15 is 0 Å². The Kier molecular flexibility index (Phi) is 5.71. The van der Waals surface area contributed by atoms with Crippen LogP contribution in [-0.4, -0.2) is 21.1 Å². The third kappa shape index (κ3) is 4.37. The molecule has 0 fully saturated rings. The van der Waals surface area contributed by atoms with Crippen molar-refractivity contribution in [2.75, 3.05) is 5.32 Å². The van der Waals surface area contributed by atoms with Crippen molar-refractivity contribution in [1.29, 1.82) is 0 Å². The van der Waals surface area contributed by atoms with Gasteiger partial charge in [0, 0.05) is 5.69 Å². The maximum atomic E-state index is 12.6. The van der Waals surface area contributed by atoms with Crippen LogP contribution >= 0.6 is 35.0 Å². The number of aromatic amines is 1. The Bertz CT molecular complexity index is 1070. The van der Waals surface area contributed by atoms with Crippen molar-refractivity contribution in [3.63, 3.8) is 0 Å². The number of thioether (sulfide) groups is 1. The van der Waals surface area contributed by atoms with E-state index in [2.05, 4.69) is 15.3 Å². The van der Waals surface area contributed by atoms with Gasteiger partial charge in [-0.15, -0.1) is 0 Å². The average Bonchev–Trinajstić information content (AvgIpc) is 3.45. The summed E-state index contributed by atoms with van der Waals surface area (Å²) >= 11 is 13.2. The summed E-state index contributed by atoms with van der Waals surface area (Å²) in [5.41, 5.74) is 1.87. The summed E-state index contributed by atoms with van der Waals surface area (Å²) in [7, 11) is 0. The highest BCUT2D eigenvalue weighted by Gasteiger charge is 2.22. The van der Waals surface area contributed by atoms with E-state index in [4.69, 9.17) is 32.0 Å². The third-order valence-corrected chi connectivity index (χ3v) is 5.77. The number of nitrogens with one attached hydrogen (secondary N) is 2. The second-order valence-electron chi connectivity index (χ2n) is 6.10. The van der Waals surface area contributed by atoms with E-state index in [9.17, 15) is 4.79 Å². The van der Waals surface area contributed by atoms with Gasteiger partial charge in [-0.1, -0.05) is 35.0 Å². The monoisotopic (exact) mass is 447 g/mol. The fourth-order valence-corrected chi connectivity index (χ4v) is 3.74. The van der Waals surface area contributed by atoms with Crippen LogP contribution in [0.4, 0.5) is 5.69 Å². The third-order valence-electron chi connectivity index (χ3n) is 4.05. The molecular formula is C20H15Cl2N3O3S. The Balaban J connectivity index is 1.53. The van der Waals surface area contributed by atoms with E-state index in [0.717, 1.165) is 0 Å². The summed E-state index contributed by atoms with van der Waals surface area (Å²) in [5.74, 6) is 1.04. The van der Waals surface area contributed by atoms with Crippen LogP contribution < -0.4 is 5.32 Å². The molecule has 1 unspecified atom stereocenters.